The molecule has 3 aromatic carbocycles. The number of imide groups is 2. The summed E-state index contributed by atoms with van der Waals surface area (Å²) in [7, 11) is 2.76. The molecule has 198 valence electrons. The molecule has 14 nitrogen and oxygen atoms in total. The van der Waals surface area contributed by atoms with Crippen molar-refractivity contribution in [2.75, 3.05) is 19.1 Å². The molecule has 3 aromatic rings. The minimum absolute atomic E-state index is 0.0195. The number of nitro benzene ring substituents is 2. The lowest BCUT2D eigenvalue weighted by Crippen LogP contribution is -2.54. The zero-order valence-electron chi connectivity index (χ0n) is 20.3. The Bertz CT molecular complexity index is 1550. The molecule has 0 atom stereocenters. The summed E-state index contributed by atoms with van der Waals surface area (Å²) in [5.74, 6) is -1.45. The predicted molar refractivity (Wildman–Crippen MR) is 135 cm³/mol. The van der Waals surface area contributed by atoms with E-state index in [2.05, 4.69) is 5.32 Å². The lowest BCUT2D eigenvalue weighted by molar-refractivity contribution is -0.394. The highest BCUT2D eigenvalue weighted by atomic mass is 16.6. The molecule has 0 unspecified atom stereocenters. The van der Waals surface area contributed by atoms with E-state index in [0.29, 0.717) is 11.3 Å². The molecule has 1 heterocycles. The lowest BCUT2D eigenvalue weighted by Gasteiger charge is -2.26. The van der Waals surface area contributed by atoms with Gasteiger partial charge in [-0.05, 0) is 54.1 Å². The molecule has 0 aromatic heterocycles. The number of methoxy groups -OCH3 is 2. The number of carbonyl (C=O) groups is 3. The molecule has 0 bridgehead atoms. The molecule has 4 amide bonds. The summed E-state index contributed by atoms with van der Waals surface area (Å²) in [6.45, 7) is 0. The van der Waals surface area contributed by atoms with Crippen LogP contribution >= 0.6 is 0 Å². The van der Waals surface area contributed by atoms with Crippen LogP contribution in [0.25, 0.3) is 6.08 Å². The van der Waals surface area contributed by atoms with Crippen LogP contribution in [0.5, 0.6) is 23.0 Å². The van der Waals surface area contributed by atoms with E-state index in [1.54, 1.807) is 12.1 Å². The smallest absolute Gasteiger partial charge is 0.335 e. The Morgan fingerprint density at radius 2 is 1.51 bits per heavy atom. The zero-order valence-corrected chi connectivity index (χ0v) is 20.3. The summed E-state index contributed by atoms with van der Waals surface area (Å²) in [4.78, 5) is 59.6. The fourth-order valence-corrected chi connectivity index (χ4v) is 3.61. The Morgan fingerprint density at radius 1 is 0.821 bits per heavy atom. The summed E-state index contributed by atoms with van der Waals surface area (Å²) >= 11 is 0. The predicted octanol–water partition coefficient (Wildman–Crippen LogP) is 3.98. The van der Waals surface area contributed by atoms with E-state index >= 15 is 0 Å². The number of hydrogen-bond acceptors (Lipinski definition) is 10. The van der Waals surface area contributed by atoms with Gasteiger partial charge in [0.05, 0.1) is 35.8 Å². The van der Waals surface area contributed by atoms with Crippen molar-refractivity contribution in [1.29, 1.82) is 0 Å². The van der Waals surface area contributed by atoms with Gasteiger partial charge in [0.2, 0.25) is 5.75 Å². The van der Waals surface area contributed by atoms with Crippen molar-refractivity contribution in [3.63, 3.8) is 0 Å². The third kappa shape index (κ3) is 5.34. The highest BCUT2D eigenvalue weighted by Crippen LogP contribution is 2.38. The third-order valence-corrected chi connectivity index (χ3v) is 5.50. The molecule has 1 N–H and O–H groups in total. The fraction of sp³-hybridized carbons (Fsp3) is 0.0800. The number of amides is 4. The number of rotatable bonds is 8. The van der Waals surface area contributed by atoms with Crippen molar-refractivity contribution in [2.24, 2.45) is 0 Å². The highest BCUT2D eigenvalue weighted by Gasteiger charge is 2.37. The van der Waals surface area contributed by atoms with Gasteiger partial charge in [-0.1, -0.05) is 6.07 Å². The van der Waals surface area contributed by atoms with E-state index in [0.717, 1.165) is 23.1 Å². The number of benzene rings is 3. The molecule has 1 saturated heterocycles. The molecule has 39 heavy (non-hydrogen) atoms. The van der Waals surface area contributed by atoms with Crippen molar-refractivity contribution in [3.05, 3.63) is 92.0 Å². The quantitative estimate of drug-likeness (QED) is 0.192. The van der Waals surface area contributed by atoms with Crippen molar-refractivity contribution in [1.82, 2.24) is 5.32 Å². The van der Waals surface area contributed by atoms with Crippen molar-refractivity contribution < 1.29 is 38.4 Å². The second kappa shape index (κ2) is 10.7. The minimum Gasteiger partial charge on any atom is -0.497 e. The highest BCUT2D eigenvalue weighted by molar-refractivity contribution is 6.39. The largest absolute Gasteiger partial charge is 0.497 e. The van der Waals surface area contributed by atoms with E-state index in [1.807, 2.05) is 0 Å². The summed E-state index contributed by atoms with van der Waals surface area (Å²) in [6, 6.07) is 12.3. The minimum atomic E-state index is -0.918. The molecule has 0 radical (unpaired) electrons. The van der Waals surface area contributed by atoms with Gasteiger partial charge in [0.15, 0.2) is 11.5 Å². The van der Waals surface area contributed by atoms with Crippen molar-refractivity contribution in [3.8, 4) is 23.0 Å². The molecular weight excluding hydrogens is 516 g/mol. The number of ether oxygens (including phenoxy) is 3. The molecule has 0 saturated carbocycles. The zero-order chi connectivity index (χ0) is 28.3. The molecule has 1 fully saturated rings. The van der Waals surface area contributed by atoms with Crippen molar-refractivity contribution >= 4 is 41.0 Å². The molecule has 0 aliphatic carbocycles. The molecule has 14 heteroatoms. The SMILES string of the molecule is COc1ccc(N2C(=O)NC(=O)/C(=C/c3ccc(Oc4ccc([N+](=O)[O-])cc4[N+](=O)[O-])c(OC)c3)C2=O)cc1. The van der Waals surface area contributed by atoms with Gasteiger partial charge in [0.1, 0.15) is 11.3 Å². The second-order valence-corrected chi connectivity index (χ2v) is 7.83. The van der Waals surface area contributed by atoms with Crippen LogP contribution in [0.4, 0.5) is 21.9 Å². The first-order valence-electron chi connectivity index (χ1n) is 11.0. The number of carbonyl (C=O) groups excluding carboxylic acids is 3. The number of nitrogens with one attached hydrogen (secondary N) is 1. The maximum Gasteiger partial charge on any atom is 0.335 e. The van der Waals surface area contributed by atoms with Gasteiger partial charge >= 0.3 is 11.7 Å². The van der Waals surface area contributed by atoms with Crippen LogP contribution < -0.4 is 24.4 Å². The van der Waals surface area contributed by atoms with E-state index in [1.165, 1.54) is 50.6 Å². The average molecular weight is 534 g/mol. The molecule has 4 rings (SSSR count). The van der Waals surface area contributed by atoms with Gasteiger partial charge in [-0.2, -0.15) is 0 Å². The van der Waals surface area contributed by atoms with Crippen LogP contribution in [0.2, 0.25) is 0 Å². The van der Waals surface area contributed by atoms with E-state index < -0.39 is 39.1 Å². The molecule has 0 spiro atoms. The van der Waals surface area contributed by atoms with Gasteiger partial charge < -0.3 is 14.2 Å². The summed E-state index contributed by atoms with van der Waals surface area (Å²) in [5.41, 5.74) is -0.944. The van der Waals surface area contributed by atoms with Gasteiger partial charge in [-0.15, -0.1) is 0 Å². The monoisotopic (exact) mass is 534 g/mol. The first-order chi connectivity index (χ1) is 18.6. The summed E-state index contributed by atoms with van der Waals surface area (Å²) in [6.07, 6.45) is 1.24. The van der Waals surface area contributed by atoms with Crippen LogP contribution in [0.3, 0.4) is 0 Å². The van der Waals surface area contributed by atoms with E-state index in [9.17, 15) is 34.6 Å². The fourth-order valence-electron chi connectivity index (χ4n) is 3.61. The van der Waals surface area contributed by atoms with Crippen LogP contribution in [-0.2, 0) is 9.59 Å². The summed E-state index contributed by atoms with van der Waals surface area (Å²) in [5, 5.41) is 24.5. The van der Waals surface area contributed by atoms with Crippen LogP contribution in [0, 0.1) is 20.2 Å². The Balaban J connectivity index is 1.66. The number of urea groups is 1. The topological polar surface area (TPSA) is 180 Å². The van der Waals surface area contributed by atoms with Gasteiger partial charge in [0.25, 0.3) is 17.5 Å². The lowest BCUT2D eigenvalue weighted by atomic mass is 10.1. The van der Waals surface area contributed by atoms with Crippen LogP contribution in [0.1, 0.15) is 5.56 Å². The maximum absolute atomic E-state index is 13.1. The standard InChI is InChI=1S/C25H18N4O10/c1-37-17-7-4-15(5-8-17)27-24(31)18(23(30)26-25(27)32)11-14-3-9-21(22(12-14)38-2)39-20-10-6-16(28(33)34)13-19(20)29(35)36/h3-13H,1-2H3,(H,26,30,32)/b18-11-. The first-order valence-corrected chi connectivity index (χ1v) is 11.0. The second-order valence-electron chi connectivity index (χ2n) is 7.83. The average Bonchev–Trinajstić information content (AvgIpc) is 2.91. The van der Waals surface area contributed by atoms with Crippen LogP contribution in [-0.4, -0.2) is 41.9 Å². The summed E-state index contributed by atoms with van der Waals surface area (Å²) < 4.78 is 16.0. The molecule has 1 aliphatic heterocycles. The number of nitrogens with zero attached hydrogens (tertiary/aromatic N) is 3. The Kier molecular flexibility index (Phi) is 7.19. The number of anilines is 1. The van der Waals surface area contributed by atoms with E-state index in [4.69, 9.17) is 14.2 Å². The first kappa shape index (κ1) is 26.3. The van der Waals surface area contributed by atoms with Gasteiger partial charge in [-0.25, -0.2) is 9.69 Å². The molecule has 1 aliphatic rings. The van der Waals surface area contributed by atoms with Crippen LogP contribution in [0.15, 0.2) is 66.2 Å². The Hall–Kier alpha value is -5.79. The maximum atomic E-state index is 13.1. The normalized spacial score (nSPS) is 14.2. The number of non-ortho nitro benzene ring substituents is 1. The number of barbiturate groups is 1. The van der Waals surface area contributed by atoms with Crippen molar-refractivity contribution in [2.45, 2.75) is 0 Å². The van der Waals surface area contributed by atoms with Gasteiger partial charge in [-0.3, -0.25) is 35.1 Å². The molecular formula is C25H18N4O10. The van der Waals surface area contributed by atoms with Gasteiger partial charge in [0, 0.05) is 6.07 Å². The Morgan fingerprint density at radius 3 is 2.13 bits per heavy atom. The number of nitro groups is 2. The van der Waals surface area contributed by atoms with E-state index in [-0.39, 0.29) is 28.5 Å². The number of hydrogen-bond donors (Lipinski definition) is 1. The third-order valence-electron chi connectivity index (χ3n) is 5.50. The Labute approximate surface area is 219 Å².